The predicted molar refractivity (Wildman–Crippen MR) is 61.4 cm³/mol. The summed E-state index contributed by atoms with van der Waals surface area (Å²) in [5, 5.41) is 4.84. The van der Waals surface area contributed by atoms with Crippen LogP contribution in [-0.4, -0.2) is 23.2 Å². The number of hydrogen-bond donors (Lipinski definition) is 1. The molecular weight excluding hydrogens is 265 g/mol. The van der Waals surface area contributed by atoms with Gasteiger partial charge in [0.1, 0.15) is 4.61 Å². The molecule has 1 fully saturated rings. The van der Waals surface area contributed by atoms with E-state index < -0.39 is 0 Å². The van der Waals surface area contributed by atoms with Crippen LogP contribution in [0.5, 0.6) is 0 Å². The number of hydrazine groups is 2. The van der Waals surface area contributed by atoms with Crippen LogP contribution < -0.4 is 5.43 Å². The van der Waals surface area contributed by atoms with Gasteiger partial charge in [-0.1, -0.05) is 30.9 Å². The third-order valence-corrected chi connectivity index (χ3v) is 4.14. The molecule has 1 aliphatic heterocycles. The van der Waals surface area contributed by atoms with Crippen molar-refractivity contribution in [2.75, 3.05) is 7.05 Å². The number of hydrogen-bond acceptors (Lipinski definition) is 3. The van der Waals surface area contributed by atoms with Gasteiger partial charge in [-0.3, -0.25) is 10.4 Å². The van der Waals surface area contributed by atoms with Gasteiger partial charge in [-0.15, -0.1) is 5.12 Å². The summed E-state index contributed by atoms with van der Waals surface area (Å²) in [5.74, 6) is 0. The van der Waals surface area contributed by atoms with Crippen LogP contribution in [0.1, 0.15) is 32.1 Å². The molecule has 0 unspecified atom stereocenters. The van der Waals surface area contributed by atoms with Crippen molar-refractivity contribution < 1.29 is 0 Å². The first-order valence-corrected chi connectivity index (χ1v) is 6.22. The van der Waals surface area contributed by atoms with E-state index in [4.69, 9.17) is 11.6 Å². The van der Waals surface area contributed by atoms with Crippen molar-refractivity contribution >= 4 is 27.5 Å². The maximum absolute atomic E-state index is 6.08. The maximum atomic E-state index is 6.08. The van der Waals surface area contributed by atoms with E-state index in [-0.39, 0.29) is 0 Å². The second-order valence-corrected chi connectivity index (χ2v) is 5.03. The number of nitrogens with zero attached hydrogens (tertiary/aromatic N) is 2. The van der Waals surface area contributed by atoms with Gasteiger partial charge in [-0.25, -0.2) is 0 Å². The average Bonchev–Trinajstić information content (AvgIpc) is 2.47. The Kier molecular flexibility index (Phi) is 3.24. The quantitative estimate of drug-likeness (QED) is 0.745. The lowest BCUT2D eigenvalue weighted by Crippen LogP contribution is -2.48. The third kappa shape index (κ3) is 1.88. The van der Waals surface area contributed by atoms with Crippen LogP contribution in [0.4, 0.5) is 0 Å². The molecule has 5 heteroatoms. The molecule has 14 heavy (non-hydrogen) atoms. The van der Waals surface area contributed by atoms with Gasteiger partial charge >= 0.3 is 0 Å². The molecule has 80 valence electrons. The number of nitrogens with one attached hydrogen (secondary N) is 1. The highest BCUT2D eigenvalue weighted by Gasteiger charge is 2.31. The molecule has 1 N–H and O–H groups in total. The lowest BCUT2D eigenvalue weighted by molar-refractivity contribution is -0.0335. The molecule has 1 aliphatic carbocycles. The fourth-order valence-corrected chi connectivity index (χ4v) is 2.68. The van der Waals surface area contributed by atoms with E-state index >= 15 is 0 Å². The van der Waals surface area contributed by atoms with E-state index in [1.807, 2.05) is 12.1 Å². The summed E-state index contributed by atoms with van der Waals surface area (Å²) >= 11 is 9.49. The second kappa shape index (κ2) is 4.29. The molecular formula is C9H15BrClN3. The molecule has 3 nitrogen and oxygen atoms in total. The fourth-order valence-electron chi connectivity index (χ4n) is 2.12. The van der Waals surface area contributed by atoms with Crippen LogP contribution in [0.15, 0.2) is 9.76 Å². The van der Waals surface area contributed by atoms with Crippen LogP contribution in [0.25, 0.3) is 0 Å². The largest absolute Gasteiger partial charge is 0.292 e. The molecule has 0 spiro atoms. The van der Waals surface area contributed by atoms with E-state index in [1.165, 1.54) is 32.1 Å². The molecule has 0 atom stereocenters. The first-order valence-electron chi connectivity index (χ1n) is 5.05. The van der Waals surface area contributed by atoms with Crippen molar-refractivity contribution in [3.63, 3.8) is 0 Å². The van der Waals surface area contributed by atoms with E-state index in [2.05, 4.69) is 26.5 Å². The molecule has 1 saturated carbocycles. The Morgan fingerprint density at radius 2 is 2.00 bits per heavy atom. The molecule has 0 aromatic heterocycles. The topological polar surface area (TPSA) is 18.5 Å². The highest BCUT2D eigenvalue weighted by molar-refractivity contribution is 9.11. The van der Waals surface area contributed by atoms with Crippen molar-refractivity contribution in [3.8, 4) is 0 Å². The molecule has 2 aliphatic rings. The lowest BCUT2D eigenvalue weighted by Gasteiger charge is -2.35. The summed E-state index contributed by atoms with van der Waals surface area (Å²) in [6.45, 7) is 0. The molecule has 1 heterocycles. The summed E-state index contributed by atoms with van der Waals surface area (Å²) in [4.78, 5) is 0. The standard InChI is InChI=1S/C9H15BrClN3/c1-13-9(11)8(10)12-14(13)7-5-3-2-4-6-7/h7,12H,2-6H2,1H3. The number of rotatable bonds is 1. The minimum atomic E-state index is 0.581. The van der Waals surface area contributed by atoms with E-state index in [1.54, 1.807) is 0 Å². The average molecular weight is 281 g/mol. The summed E-state index contributed by atoms with van der Waals surface area (Å²) in [7, 11) is 1.98. The van der Waals surface area contributed by atoms with Gasteiger partial charge in [-0.05, 0) is 28.8 Å². The Bertz CT molecular complexity index is 250. The monoisotopic (exact) mass is 279 g/mol. The summed E-state index contributed by atoms with van der Waals surface area (Å²) in [6.07, 6.45) is 6.53. The normalized spacial score (nSPS) is 25.8. The molecule has 0 aromatic carbocycles. The Hall–Kier alpha value is 0.0700. The van der Waals surface area contributed by atoms with Crippen molar-refractivity contribution in [1.82, 2.24) is 15.6 Å². The predicted octanol–water partition coefficient (Wildman–Crippen LogP) is 2.75. The van der Waals surface area contributed by atoms with Gasteiger partial charge < -0.3 is 0 Å². The van der Waals surface area contributed by atoms with E-state index in [9.17, 15) is 0 Å². The van der Waals surface area contributed by atoms with Gasteiger partial charge in [0.05, 0.1) is 6.04 Å². The van der Waals surface area contributed by atoms with Crippen LogP contribution in [0, 0.1) is 0 Å². The first-order chi connectivity index (χ1) is 6.70. The van der Waals surface area contributed by atoms with E-state index in [0.717, 1.165) is 9.76 Å². The summed E-state index contributed by atoms with van der Waals surface area (Å²) in [5.41, 5.74) is 3.25. The van der Waals surface area contributed by atoms with Gasteiger partial charge in [0.25, 0.3) is 0 Å². The van der Waals surface area contributed by atoms with E-state index in [0.29, 0.717) is 6.04 Å². The first kappa shape index (κ1) is 10.6. The van der Waals surface area contributed by atoms with Crippen molar-refractivity contribution in [2.45, 2.75) is 38.1 Å². The van der Waals surface area contributed by atoms with Gasteiger partial charge in [0, 0.05) is 7.05 Å². The number of halogens is 2. The van der Waals surface area contributed by atoms with Gasteiger partial charge in [0.15, 0.2) is 5.16 Å². The SMILES string of the molecule is CN1C(Cl)=C(Br)NN1C1CCCCC1. The van der Waals surface area contributed by atoms with Gasteiger partial charge in [0.2, 0.25) is 0 Å². The molecule has 0 aromatic rings. The highest BCUT2D eigenvalue weighted by atomic mass is 79.9. The molecule has 2 rings (SSSR count). The van der Waals surface area contributed by atoms with Crippen molar-refractivity contribution in [1.29, 1.82) is 0 Å². The fraction of sp³-hybridized carbons (Fsp3) is 0.778. The van der Waals surface area contributed by atoms with Crippen molar-refractivity contribution in [3.05, 3.63) is 9.76 Å². The Balaban J connectivity index is 2.00. The smallest absolute Gasteiger partial charge is 0.152 e. The van der Waals surface area contributed by atoms with Gasteiger partial charge in [-0.2, -0.15) is 0 Å². The minimum absolute atomic E-state index is 0.581. The zero-order valence-electron chi connectivity index (χ0n) is 8.26. The molecule has 0 bridgehead atoms. The zero-order chi connectivity index (χ0) is 10.1. The lowest BCUT2D eigenvalue weighted by atomic mass is 9.96. The second-order valence-electron chi connectivity index (χ2n) is 3.88. The van der Waals surface area contributed by atoms with Crippen LogP contribution in [0.3, 0.4) is 0 Å². The Morgan fingerprint density at radius 1 is 1.36 bits per heavy atom. The van der Waals surface area contributed by atoms with Crippen molar-refractivity contribution in [2.24, 2.45) is 0 Å². The summed E-state index contributed by atoms with van der Waals surface area (Å²) < 4.78 is 0.868. The highest BCUT2D eigenvalue weighted by Crippen LogP contribution is 2.30. The Labute approximate surface area is 98.1 Å². The molecule has 0 saturated heterocycles. The summed E-state index contributed by atoms with van der Waals surface area (Å²) in [6, 6.07) is 0.581. The Morgan fingerprint density at radius 3 is 2.50 bits per heavy atom. The van der Waals surface area contributed by atoms with Crippen LogP contribution in [-0.2, 0) is 0 Å². The molecule has 0 amide bonds. The maximum Gasteiger partial charge on any atom is 0.152 e. The van der Waals surface area contributed by atoms with Crippen LogP contribution >= 0.6 is 27.5 Å². The third-order valence-electron chi connectivity index (χ3n) is 2.92. The molecule has 0 radical (unpaired) electrons. The minimum Gasteiger partial charge on any atom is -0.292 e. The van der Waals surface area contributed by atoms with Crippen LogP contribution in [0.2, 0.25) is 0 Å². The zero-order valence-corrected chi connectivity index (χ0v) is 10.6.